The number of rotatable bonds is 8. The van der Waals surface area contributed by atoms with Crippen LogP contribution in [0.5, 0.6) is 11.5 Å². The van der Waals surface area contributed by atoms with E-state index in [1.807, 2.05) is 12.1 Å². The summed E-state index contributed by atoms with van der Waals surface area (Å²) in [5.41, 5.74) is 1.15. The van der Waals surface area contributed by atoms with Crippen LogP contribution >= 0.6 is 0 Å². The Hall–Kier alpha value is -3.80. The summed E-state index contributed by atoms with van der Waals surface area (Å²) in [6, 6.07) is 24.7. The monoisotopic (exact) mass is 376 g/mol. The molecule has 0 spiro atoms. The Morgan fingerprint density at radius 3 is 1.29 bits per heavy atom. The number of hydrogen-bond donors (Lipinski definition) is 2. The van der Waals surface area contributed by atoms with Crippen LogP contribution in [0.1, 0.15) is 20.7 Å². The van der Waals surface area contributed by atoms with Gasteiger partial charge in [0.05, 0.1) is 0 Å². The zero-order chi connectivity index (χ0) is 19.6. The lowest BCUT2D eigenvalue weighted by Crippen LogP contribution is -2.27. The van der Waals surface area contributed by atoms with E-state index in [1.165, 1.54) is 0 Å². The largest absolute Gasteiger partial charge is 0.473 e. The zero-order valence-electron chi connectivity index (χ0n) is 15.1. The number of ether oxygens (including phenoxy) is 2. The van der Waals surface area contributed by atoms with Gasteiger partial charge in [0, 0.05) is 11.1 Å². The molecule has 3 rings (SSSR count). The van der Waals surface area contributed by atoms with Crippen molar-refractivity contribution in [2.75, 3.05) is 13.5 Å². The molecular weight excluding hydrogens is 356 g/mol. The fourth-order valence-corrected chi connectivity index (χ4v) is 2.39. The molecule has 0 saturated heterocycles. The second-order valence-corrected chi connectivity index (χ2v) is 5.79. The molecule has 2 amide bonds. The second kappa shape index (κ2) is 9.78. The first kappa shape index (κ1) is 19.0. The van der Waals surface area contributed by atoms with E-state index in [9.17, 15) is 9.59 Å². The van der Waals surface area contributed by atoms with Gasteiger partial charge in [-0.05, 0) is 48.5 Å². The number of amides is 2. The molecule has 2 N–H and O–H groups in total. The van der Waals surface area contributed by atoms with E-state index >= 15 is 0 Å². The van der Waals surface area contributed by atoms with E-state index in [2.05, 4.69) is 10.6 Å². The number of carbonyl (C=O) groups excluding carboxylic acids is 2. The van der Waals surface area contributed by atoms with Gasteiger partial charge >= 0.3 is 0 Å². The Morgan fingerprint density at radius 2 is 0.929 bits per heavy atom. The van der Waals surface area contributed by atoms with Gasteiger partial charge in [0.2, 0.25) is 0 Å². The zero-order valence-corrected chi connectivity index (χ0v) is 15.1. The van der Waals surface area contributed by atoms with Gasteiger partial charge in [0.25, 0.3) is 11.8 Å². The van der Waals surface area contributed by atoms with Gasteiger partial charge in [-0.15, -0.1) is 0 Å². The first-order valence-corrected chi connectivity index (χ1v) is 8.74. The average molecular weight is 376 g/mol. The molecule has 0 radical (unpaired) electrons. The van der Waals surface area contributed by atoms with Crippen molar-refractivity contribution in [2.24, 2.45) is 0 Å². The summed E-state index contributed by atoms with van der Waals surface area (Å²) in [5.74, 6) is 0.785. The van der Waals surface area contributed by atoms with Crippen LogP contribution in [0.2, 0.25) is 0 Å². The standard InChI is InChI=1S/C22H20N2O4/c25-21(17-7-3-1-4-8-17)23-15-27-19-11-13-20(14-12-19)28-16-24-22(26)18-9-5-2-6-10-18/h1-14H,15-16H2,(H,23,25)(H,24,26). The van der Waals surface area contributed by atoms with Crippen molar-refractivity contribution < 1.29 is 19.1 Å². The average Bonchev–Trinajstić information content (AvgIpc) is 2.76. The van der Waals surface area contributed by atoms with Crippen LogP contribution in [0.25, 0.3) is 0 Å². The number of benzene rings is 3. The first-order valence-electron chi connectivity index (χ1n) is 8.74. The molecule has 6 heteroatoms. The molecule has 0 heterocycles. The van der Waals surface area contributed by atoms with E-state index in [1.54, 1.807) is 72.8 Å². The molecular formula is C22H20N2O4. The molecule has 0 atom stereocenters. The third-order valence-corrected chi connectivity index (χ3v) is 3.84. The van der Waals surface area contributed by atoms with Gasteiger partial charge in [0.15, 0.2) is 13.5 Å². The molecule has 0 aliphatic carbocycles. The van der Waals surface area contributed by atoms with Gasteiger partial charge in [-0.1, -0.05) is 36.4 Å². The van der Waals surface area contributed by atoms with Gasteiger partial charge in [-0.2, -0.15) is 0 Å². The number of hydrogen-bond acceptors (Lipinski definition) is 4. The maximum atomic E-state index is 11.9. The van der Waals surface area contributed by atoms with Crippen molar-refractivity contribution >= 4 is 11.8 Å². The van der Waals surface area contributed by atoms with Crippen molar-refractivity contribution in [3.8, 4) is 11.5 Å². The lowest BCUT2D eigenvalue weighted by molar-refractivity contribution is 0.0908. The molecule has 0 bridgehead atoms. The molecule has 142 valence electrons. The minimum Gasteiger partial charge on any atom is -0.473 e. The summed E-state index contributed by atoms with van der Waals surface area (Å²) in [5, 5.41) is 5.37. The Labute approximate surface area is 163 Å². The van der Waals surface area contributed by atoms with Crippen molar-refractivity contribution in [1.82, 2.24) is 10.6 Å². The first-order chi connectivity index (χ1) is 13.7. The van der Waals surface area contributed by atoms with Crippen molar-refractivity contribution in [1.29, 1.82) is 0 Å². The smallest absolute Gasteiger partial charge is 0.253 e. The second-order valence-electron chi connectivity index (χ2n) is 5.79. The molecule has 3 aromatic rings. The van der Waals surface area contributed by atoms with E-state index in [0.717, 1.165) is 0 Å². The minimum absolute atomic E-state index is 0.0566. The highest BCUT2D eigenvalue weighted by molar-refractivity contribution is 5.94. The van der Waals surface area contributed by atoms with Crippen LogP contribution < -0.4 is 20.1 Å². The topological polar surface area (TPSA) is 76.7 Å². The Balaban J connectivity index is 1.39. The van der Waals surface area contributed by atoms with E-state index < -0.39 is 0 Å². The summed E-state index contributed by atoms with van der Waals surface area (Å²) < 4.78 is 11.0. The predicted molar refractivity (Wildman–Crippen MR) is 105 cm³/mol. The van der Waals surface area contributed by atoms with Gasteiger partial charge in [-0.3, -0.25) is 9.59 Å². The van der Waals surface area contributed by atoms with Gasteiger partial charge in [0.1, 0.15) is 11.5 Å². The molecule has 0 fully saturated rings. The fraction of sp³-hybridized carbons (Fsp3) is 0.0909. The molecule has 28 heavy (non-hydrogen) atoms. The maximum absolute atomic E-state index is 11.9. The minimum atomic E-state index is -0.199. The molecule has 0 saturated carbocycles. The van der Waals surface area contributed by atoms with Crippen molar-refractivity contribution in [3.63, 3.8) is 0 Å². The van der Waals surface area contributed by atoms with Crippen LogP contribution in [0, 0.1) is 0 Å². The predicted octanol–water partition coefficient (Wildman–Crippen LogP) is 3.22. The molecule has 0 aliphatic heterocycles. The van der Waals surface area contributed by atoms with Crippen LogP contribution in [-0.2, 0) is 0 Å². The van der Waals surface area contributed by atoms with E-state index in [0.29, 0.717) is 22.6 Å². The number of nitrogens with one attached hydrogen (secondary N) is 2. The third-order valence-electron chi connectivity index (χ3n) is 3.84. The van der Waals surface area contributed by atoms with Gasteiger partial charge in [-0.25, -0.2) is 0 Å². The van der Waals surface area contributed by atoms with Crippen LogP contribution in [0.4, 0.5) is 0 Å². The summed E-state index contributed by atoms with van der Waals surface area (Å²) in [4.78, 5) is 23.8. The highest BCUT2D eigenvalue weighted by Crippen LogP contribution is 2.17. The summed E-state index contributed by atoms with van der Waals surface area (Å²) in [6.07, 6.45) is 0. The van der Waals surface area contributed by atoms with Gasteiger partial charge < -0.3 is 20.1 Å². The maximum Gasteiger partial charge on any atom is 0.253 e. The Bertz CT molecular complexity index is 820. The molecule has 3 aromatic carbocycles. The van der Waals surface area contributed by atoms with E-state index in [4.69, 9.17) is 9.47 Å². The van der Waals surface area contributed by atoms with Crippen LogP contribution in [-0.4, -0.2) is 25.3 Å². The molecule has 6 nitrogen and oxygen atoms in total. The van der Waals surface area contributed by atoms with Crippen molar-refractivity contribution in [3.05, 3.63) is 96.1 Å². The Kier molecular flexibility index (Phi) is 6.62. The normalized spacial score (nSPS) is 10.0. The highest BCUT2D eigenvalue weighted by Gasteiger charge is 2.05. The molecule has 0 aromatic heterocycles. The molecule has 0 unspecified atom stereocenters. The number of carbonyl (C=O) groups is 2. The quantitative estimate of drug-likeness (QED) is 0.592. The van der Waals surface area contributed by atoms with Crippen LogP contribution in [0.3, 0.4) is 0 Å². The van der Waals surface area contributed by atoms with E-state index in [-0.39, 0.29) is 25.3 Å². The van der Waals surface area contributed by atoms with Crippen LogP contribution in [0.15, 0.2) is 84.9 Å². The summed E-state index contributed by atoms with van der Waals surface area (Å²) in [7, 11) is 0. The summed E-state index contributed by atoms with van der Waals surface area (Å²) in [6.45, 7) is 0.113. The third kappa shape index (κ3) is 5.60. The lowest BCUT2D eigenvalue weighted by atomic mass is 10.2. The Morgan fingerprint density at radius 1 is 0.571 bits per heavy atom. The van der Waals surface area contributed by atoms with Crippen molar-refractivity contribution in [2.45, 2.75) is 0 Å². The SMILES string of the molecule is O=C(NCOc1ccc(OCNC(=O)c2ccccc2)cc1)c1ccccc1. The highest BCUT2D eigenvalue weighted by atomic mass is 16.5. The molecule has 0 aliphatic rings. The summed E-state index contributed by atoms with van der Waals surface area (Å²) >= 11 is 0. The fourth-order valence-electron chi connectivity index (χ4n) is 2.39. The lowest BCUT2D eigenvalue weighted by Gasteiger charge is -2.10.